The lowest BCUT2D eigenvalue weighted by molar-refractivity contribution is -0.134. The van der Waals surface area contributed by atoms with Gasteiger partial charge in [0.1, 0.15) is 11.1 Å². The van der Waals surface area contributed by atoms with E-state index in [0.717, 1.165) is 31.4 Å². The molecule has 9 heteroatoms. The van der Waals surface area contributed by atoms with Gasteiger partial charge in [-0.25, -0.2) is 9.59 Å². The summed E-state index contributed by atoms with van der Waals surface area (Å²) in [6.45, 7) is 0. The summed E-state index contributed by atoms with van der Waals surface area (Å²) in [6.07, 6.45) is 0. The van der Waals surface area contributed by atoms with Crippen molar-refractivity contribution in [3.8, 4) is 23.0 Å². The van der Waals surface area contributed by atoms with E-state index in [-0.39, 0.29) is 22.3 Å². The van der Waals surface area contributed by atoms with Crippen molar-refractivity contribution in [2.24, 2.45) is 0 Å². The fraction of sp³-hybridized carbons (Fsp3) is 0.0526. The van der Waals surface area contributed by atoms with Gasteiger partial charge in [-0.15, -0.1) is 0 Å². The molecule has 0 spiro atoms. The molecule has 1 aliphatic heterocycles. The molecule has 144 valence electrons. The van der Waals surface area contributed by atoms with Crippen molar-refractivity contribution < 1.29 is 44.6 Å². The molecule has 0 radical (unpaired) electrons. The highest BCUT2D eigenvalue weighted by molar-refractivity contribution is 6.25. The molecule has 0 amide bonds. The Morgan fingerprint density at radius 1 is 0.893 bits per heavy atom. The molecule has 0 fully saturated rings. The van der Waals surface area contributed by atoms with Crippen LogP contribution in [-0.4, -0.2) is 44.6 Å². The molecule has 2 aromatic carbocycles. The van der Waals surface area contributed by atoms with Crippen molar-refractivity contribution in [3.05, 3.63) is 59.0 Å². The van der Waals surface area contributed by atoms with Gasteiger partial charge in [-0.3, -0.25) is 0 Å². The van der Waals surface area contributed by atoms with Gasteiger partial charge < -0.3 is 35.0 Å². The Morgan fingerprint density at radius 2 is 1.50 bits per heavy atom. The number of cyclic esters (lactones) is 1. The number of ether oxygens (including phenoxy) is 2. The summed E-state index contributed by atoms with van der Waals surface area (Å²) >= 11 is 0. The van der Waals surface area contributed by atoms with Crippen molar-refractivity contribution in [2.75, 3.05) is 7.11 Å². The monoisotopic (exact) mass is 386 g/mol. The highest BCUT2D eigenvalue weighted by atomic mass is 16.6. The summed E-state index contributed by atoms with van der Waals surface area (Å²) in [6, 6.07) is 6.79. The molecule has 0 bridgehead atoms. The van der Waals surface area contributed by atoms with Crippen molar-refractivity contribution in [2.45, 2.75) is 0 Å². The summed E-state index contributed by atoms with van der Waals surface area (Å²) < 4.78 is 9.72. The second-order valence-corrected chi connectivity index (χ2v) is 5.72. The number of esters is 2. The van der Waals surface area contributed by atoms with Gasteiger partial charge in [0.2, 0.25) is 0 Å². The first-order valence-electron chi connectivity index (χ1n) is 7.77. The maximum absolute atomic E-state index is 12.3. The van der Waals surface area contributed by atoms with E-state index in [9.17, 15) is 35.1 Å². The van der Waals surface area contributed by atoms with Crippen molar-refractivity contribution >= 4 is 23.1 Å². The van der Waals surface area contributed by atoms with Crippen LogP contribution in [0.5, 0.6) is 23.0 Å². The SMILES string of the molecule is COC(=O)/C(=C1\OC(=O)C(c2ccc(O)c(O)c2)=C1O)c1ccc(O)c(O)c1. The fourth-order valence-corrected chi connectivity index (χ4v) is 2.63. The number of carbonyl (C=O) groups is 2. The third-order valence-electron chi connectivity index (χ3n) is 4.00. The van der Waals surface area contributed by atoms with Gasteiger partial charge in [-0.2, -0.15) is 0 Å². The number of hydrogen-bond acceptors (Lipinski definition) is 9. The van der Waals surface area contributed by atoms with E-state index in [1.165, 1.54) is 12.1 Å². The van der Waals surface area contributed by atoms with Gasteiger partial charge in [0.15, 0.2) is 34.5 Å². The normalized spacial score (nSPS) is 15.4. The van der Waals surface area contributed by atoms with Crippen molar-refractivity contribution in [1.82, 2.24) is 0 Å². The molecule has 0 atom stereocenters. The number of phenols is 4. The minimum absolute atomic E-state index is 0.00584. The summed E-state index contributed by atoms with van der Waals surface area (Å²) in [5.74, 6) is -5.17. The average Bonchev–Trinajstić information content (AvgIpc) is 2.94. The number of hydrogen-bond donors (Lipinski definition) is 5. The molecule has 3 rings (SSSR count). The van der Waals surface area contributed by atoms with Crippen LogP contribution >= 0.6 is 0 Å². The van der Waals surface area contributed by atoms with Crippen LogP contribution in [0, 0.1) is 0 Å². The Morgan fingerprint density at radius 3 is 2.07 bits per heavy atom. The van der Waals surface area contributed by atoms with Gasteiger partial charge in [0.05, 0.1) is 7.11 Å². The van der Waals surface area contributed by atoms with Gasteiger partial charge >= 0.3 is 11.9 Å². The molecule has 1 heterocycles. The van der Waals surface area contributed by atoms with Crippen LogP contribution in [0.15, 0.2) is 47.9 Å². The molecule has 1 aliphatic rings. The van der Waals surface area contributed by atoms with Crippen LogP contribution in [0.2, 0.25) is 0 Å². The number of aliphatic hydroxyl groups excluding tert-OH is 1. The summed E-state index contributed by atoms with van der Waals surface area (Å²) in [5, 5.41) is 48.7. The molecule has 0 aliphatic carbocycles. The van der Waals surface area contributed by atoms with E-state index in [1.54, 1.807) is 0 Å². The second-order valence-electron chi connectivity index (χ2n) is 5.72. The number of aromatic hydroxyl groups is 4. The van der Waals surface area contributed by atoms with E-state index >= 15 is 0 Å². The van der Waals surface area contributed by atoms with Gasteiger partial charge in [-0.1, -0.05) is 12.1 Å². The molecule has 2 aromatic rings. The maximum atomic E-state index is 12.3. The average molecular weight is 386 g/mol. The molecule has 0 unspecified atom stereocenters. The predicted octanol–water partition coefficient (Wildman–Crippen LogP) is 1.92. The highest BCUT2D eigenvalue weighted by Gasteiger charge is 2.36. The van der Waals surface area contributed by atoms with Crippen LogP contribution in [0.3, 0.4) is 0 Å². The Balaban J connectivity index is 2.24. The third-order valence-corrected chi connectivity index (χ3v) is 4.00. The number of benzene rings is 2. The van der Waals surface area contributed by atoms with Crippen LogP contribution in [0.25, 0.3) is 11.1 Å². The van der Waals surface area contributed by atoms with Crippen LogP contribution in [0.4, 0.5) is 0 Å². The Hall–Kier alpha value is -4.14. The second kappa shape index (κ2) is 6.88. The Bertz CT molecular complexity index is 1060. The molecule has 0 saturated carbocycles. The van der Waals surface area contributed by atoms with E-state index in [4.69, 9.17) is 4.74 Å². The van der Waals surface area contributed by atoms with E-state index in [2.05, 4.69) is 4.74 Å². The number of aliphatic hydroxyl groups is 1. The molecule has 28 heavy (non-hydrogen) atoms. The van der Waals surface area contributed by atoms with Gasteiger partial charge in [0, 0.05) is 0 Å². The molecule has 0 saturated heterocycles. The van der Waals surface area contributed by atoms with E-state index in [1.807, 2.05) is 0 Å². The number of phenolic OH excluding ortho intramolecular Hbond substituents is 4. The number of carbonyl (C=O) groups excluding carboxylic acids is 2. The van der Waals surface area contributed by atoms with Gasteiger partial charge in [-0.05, 0) is 35.4 Å². The largest absolute Gasteiger partial charge is 0.504 e. The van der Waals surface area contributed by atoms with E-state index in [0.29, 0.717) is 0 Å². The highest BCUT2D eigenvalue weighted by Crippen LogP contribution is 2.39. The van der Waals surface area contributed by atoms with E-state index < -0.39 is 46.5 Å². The zero-order valence-electron chi connectivity index (χ0n) is 14.3. The first-order valence-corrected chi connectivity index (χ1v) is 7.77. The third kappa shape index (κ3) is 3.05. The zero-order chi connectivity index (χ0) is 20.6. The molecule has 9 nitrogen and oxygen atoms in total. The lowest BCUT2D eigenvalue weighted by atomic mass is 10.0. The van der Waals surface area contributed by atoms with Crippen LogP contribution in [0.1, 0.15) is 11.1 Å². The summed E-state index contributed by atoms with van der Waals surface area (Å²) in [5.41, 5.74) is -0.687. The minimum Gasteiger partial charge on any atom is -0.504 e. The lowest BCUT2D eigenvalue weighted by Crippen LogP contribution is -2.09. The zero-order valence-corrected chi connectivity index (χ0v) is 14.3. The number of rotatable bonds is 3. The first-order chi connectivity index (χ1) is 13.2. The molecule has 5 N–H and O–H groups in total. The minimum atomic E-state index is -1.01. The molecule has 0 aromatic heterocycles. The topological polar surface area (TPSA) is 154 Å². The van der Waals surface area contributed by atoms with Crippen LogP contribution in [-0.2, 0) is 19.1 Å². The van der Waals surface area contributed by atoms with Crippen LogP contribution < -0.4 is 0 Å². The fourth-order valence-electron chi connectivity index (χ4n) is 2.63. The van der Waals surface area contributed by atoms with Crippen molar-refractivity contribution in [1.29, 1.82) is 0 Å². The number of methoxy groups -OCH3 is 1. The first kappa shape index (κ1) is 18.6. The Labute approximate surface area is 157 Å². The van der Waals surface area contributed by atoms with Gasteiger partial charge in [0.25, 0.3) is 0 Å². The predicted molar refractivity (Wildman–Crippen MR) is 94.1 cm³/mol. The summed E-state index contributed by atoms with van der Waals surface area (Å²) in [4.78, 5) is 24.6. The molecular weight excluding hydrogens is 372 g/mol. The maximum Gasteiger partial charge on any atom is 0.348 e. The summed E-state index contributed by atoms with van der Waals surface area (Å²) in [7, 11) is 1.07. The molecular formula is C19H14O9. The lowest BCUT2D eigenvalue weighted by Gasteiger charge is -2.10. The Kier molecular flexibility index (Phi) is 4.58. The standard InChI is InChI=1S/C19H14O9/c1-27-18(25)15(9-3-5-11(21)13(23)7-9)17-16(24)14(19(26)28-17)8-2-4-10(20)12(22)6-8/h2-7,20-24H,1H3/b17-15-. The van der Waals surface area contributed by atoms with Crippen molar-refractivity contribution in [3.63, 3.8) is 0 Å². The smallest absolute Gasteiger partial charge is 0.348 e. The quantitative estimate of drug-likeness (QED) is 0.302.